The predicted octanol–water partition coefficient (Wildman–Crippen LogP) is 2.64. The van der Waals surface area contributed by atoms with E-state index in [9.17, 15) is 4.79 Å². The Balaban J connectivity index is 1.73. The van der Waals surface area contributed by atoms with Gasteiger partial charge in [0.2, 0.25) is 0 Å². The first-order chi connectivity index (χ1) is 10.6. The number of furan rings is 2. The molecule has 0 aliphatic heterocycles. The SMILES string of the molecule is Cc1ccc(-c2[nH]ncc2/C=N/NC(=O)c2ccoc2C)o1. The van der Waals surface area contributed by atoms with Crippen molar-refractivity contribution in [2.24, 2.45) is 5.10 Å². The molecule has 3 heterocycles. The van der Waals surface area contributed by atoms with Gasteiger partial charge in [-0.2, -0.15) is 10.2 Å². The van der Waals surface area contributed by atoms with Crippen molar-refractivity contribution in [3.63, 3.8) is 0 Å². The average Bonchev–Trinajstić information content (AvgIpc) is 3.19. The summed E-state index contributed by atoms with van der Waals surface area (Å²) in [5.41, 5.74) is 4.30. The maximum Gasteiger partial charge on any atom is 0.274 e. The van der Waals surface area contributed by atoms with Crippen LogP contribution in [0.4, 0.5) is 0 Å². The first kappa shape index (κ1) is 13.9. The summed E-state index contributed by atoms with van der Waals surface area (Å²) < 4.78 is 10.6. The molecule has 0 aliphatic carbocycles. The number of aryl methyl sites for hydroxylation is 2. The number of aromatic amines is 1. The molecule has 3 aromatic heterocycles. The van der Waals surface area contributed by atoms with Crippen LogP contribution in [0.5, 0.6) is 0 Å². The van der Waals surface area contributed by atoms with Gasteiger partial charge in [0, 0.05) is 5.56 Å². The smallest absolute Gasteiger partial charge is 0.274 e. The van der Waals surface area contributed by atoms with Crippen LogP contribution in [0.1, 0.15) is 27.4 Å². The van der Waals surface area contributed by atoms with E-state index in [1.807, 2.05) is 19.1 Å². The number of aromatic nitrogens is 2. The topological polar surface area (TPSA) is 96.4 Å². The Hall–Kier alpha value is -3.09. The van der Waals surface area contributed by atoms with E-state index < -0.39 is 0 Å². The summed E-state index contributed by atoms with van der Waals surface area (Å²) in [6.45, 7) is 3.58. The van der Waals surface area contributed by atoms with Gasteiger partial charge in [-0.15, -0.1) is 0 Å². The monoisotopic (exact) mass is 298 g/mol. The molecule has 0 radical (unpaired) electrons. The quantitative estimate of drug-likeness (QED) is 0.571. The second kappa shape index (κ2) is 5.72. The standard InChI is InChI=1S/C15H14N4O3/c1-9-3-4-13(22-9)14-11(7-16-18-14)8-17-19-15(20)12-5-6-21-10(12)2/h3-8H,1-2H3,(H,16,18)(H,19,20)/b17-8+. The molecule has 0 bridgehead atoms. The largest absolute Gasteiger partial charge is 0.469 e. The molecule has 2 N–H and O–H groups in total. The Bertz CT molecular complexity index is 825. The molecule has 0 aromatic carbocycles. The van der Waals surface area contributed by atoms with Crippen molar-refractivity contribution in [2.75, 3.05) is 0 Å². The molecule has 0 saturated carbocycles. The number of amides is 1. The van der Waals surface area contributed by atoms with E-state index in [1.54, 1.807) is 19.2 Å². The minimum Gasteiger partial charge on any atom is -0.469 e. The van der Waals surface area contributed by atoms with Gasteiger partial charge in [0.15, 0.2) is 5.76 Å². The fourth-order valence-corrected chi connectivity index (χ4v) is 2.00. The van der Waals surface area contributed by atoms with Gasteiger partial charge >= 0.3 is 0 Å². The number of hydrogen-bond donors (Lipinski definition) is 2. The van der Waals surface area contributed by atoms with Gasteiger partial charge in [0.1, 0.15) is 17.2 Å². The lowest BCUT2D eigenvalue weighted by Gasteiger charge is -1.97. The van der Waals surface area contributed by atoms with E-state index in [2.05, 4.69) is 20.7 Å². The van der Waals surface area contributed by atoms with Crippen molar-refractivity contribution in [1.29, 1.82) is 0 Å². The number of carbonyl (C=O) groups is 1. The van der Waals surface area contributed by atoms with E-state index in [0.29, 0.717) is 28.3 Å². The molecule has 0 unspecified atom stereocenters. The molecular formula is C15H14N4O3. The molecule has 112 valence electrons. The molecule has 22 heavy (non-hydrogen) atoms. The van der Waals surface area contributed by atoms with Gasteiger partial charge in [-0.05, 0) is 32.0 Å². The van der Waals surface area contributed by atoms with E-state index in [-0.39, 0.29) is 5.91 Å². The lowest BCUT2D eigenvalue weighted by molar-refractivity contribution is 0.0953. The predicted molar refractivity (Wildman–Crippen MR) is 79.5 cm³/mol. The Morgan fingerprint density at radius 2 is 2.23 bits per heavy atom. The van der Waals surface area contributed by atoms with Crippen LogP contribution in [-0.4, -0.2) is 22.3 Å². The van der Waals surface area contributed by atoms with Gasteiger partial charge in [0.05, 0.1) is 24.2 Å². The van der Waals surface area contributed by atoms with Gasteiger partial charge in [-0.25, -0.2) is 5.43 Å². The minimum atomic E-state index is -0.332. The van der Waals surface area contributed by atoms with Crippen LogP contribution < -0.4 is 5.43 Å². The summed E-state index contributed by atoms with van der Waals surface area (Å²) in [6, 6.07) is 5.29. The third-order valence-electron chi connectivity index (χ3n) is 3.13. The summed E-state index contributed by atoms with van der Waals surface area (Å²) in [5.74, 6) is 1.67. The Kier molecular flexibility index (Phi) is 3.61. The van der Waals surface area contributed by atoms with E-state index in [0.717, 1.165) is 5.76 Å². The van der Waals surface area contributed by atoms with Gasteiger partial charge in [0.25, 0.3) is 5.91 Å². The lowest BCUT2D eigenvalue weighted by Crippen LogP contribution is -2.17. The third-order valence-corrected chi connectivity index (χ3v) is 3.13. The summed E-state index contributed by atoms with van der Waals surface area (Å²) >= 11 is 0. The third kappa shape index (κ3) is 2.69. The van der Waals surface area contributed by atoms with Crippen LogP contribution in [0.2, 0.25) is 0 Å². The van der Waals surface area contributed by atoms with Crippen molar-refractivity contribution >= 4 is 12.1 Å². The highest BCUT2D eigenvalue weighted by Crippen LogP contribution is 2.22. The summed E-state index contributed by atoms with van der Waals surface area (Å²) in [5, 5.41) is 10.7. The van der Waals surface area contributed by atoms with Crippen molar-refractivity contribution in [3.05, 3.63) is 53.3 Å². The molecule has 0 spiro atoms. The van der Waals surface area contributed by atoms with Crippen molar-refractivity contribution in [3.8, 4) is 11.5 Å². The Morgan fingerprint density at radius 1 is 1.36 bits per heavy atom. The van der Waals surface area contributed by atoms with Crippen LogP contribution in [0.15, 0.2) is 44.6 Å². The zero-order valence-corrected chi connectivity index (χ0v) is 12.1. The molecule has 7 nitrogen and oxygen atoms in total. The normalized spacial score (nSPS) is 11.2. The van der Waals surface area contributed by atoms with Crippen LogP contribution in [0, 0.1) is 13.8 Å². The molecule has 3 rings (SSSR count). The van der Waals surface area contributed by atoms with E-state index >= 15 is 0 Å². The molecule has 3 aromatic rings. The number of nitrogens with one attached hydrogen (secondary N) is 2. The highest BCUT2D eigenvalue weighted by Gasteiger charge is 2.11. The number of hydrazone groups is 1. The van der Waals surface area contributed by atoms with Crippen LogP contribution >= 0.6 is 0 Å². The molecule has 0 atom stereocenters. The van der Waals surface area contributed by atoms with Crippen molar-refractivity contribution < 1.29 is 13.6 Å². The van der Waals surface area contributed by atoms with Crippen LogP contribution in [-0.2, 0) is 0 Å². The maximum absolute atomic E-state index is 11.9. The fourth-order valence-electron chi connectivity index (χ4n) is 2.00. The number of H-pyrrole nitrogens is 1. The second-order valence-electron chi connectivity index (χ2n) is 4.70. The summed E-state index contributed by atoms with van der Waals surface area (Å²) in [6.07, 6.45) is 4.57. The fraction of sp³-hybridized carbons (Fsp3) is 0.133. The van der Waals surface area contributed by atoms with E-state index in [4.69, 9.17) is 8.83 Å². The highest BCUT2D eigenvalue weighted by atomic mass is 16.3. The van der Waals surface area contributed by atoms with Crippen molar-refractivity contribution in [2.45, 2.75) is 13.8 Å². The van der Waals surface area contributed by atoms with Crippen molar-refractivity contribution in [1.82, 2.24) is 15.6 Å². The molecule has 1 amide bonds. The van der Waals surface area contributed by atoms with Gasteiger partial charge < -0.3 is 8.83 Å². The highest BCUT2D eigenvalue weighted by molar-refractivity contribution is 5.96. The number of rotatable bonds is 4. The van der Waals surface area contributed by atoms with E-state index in [1.165, 1.54) is 12.5 Å². The summed E-state index contributed by atoms with van der Waals surface area (Å²) in [4.78, 5) is 11.9. The molecule has 7 heteroatoms. The maximum atomic E-state index is 11.9. The Labute approximate surface area is 126 Å². The average molecular weight is 298 g/mol. The molecule has 0 saturated heterocycles. The van der Waals surface area contributed by atoms with Crippen LogP contribution in [0.25, 0.3) is 11.5 Å². The first-order valence-electron chi connectivity index (χ1n) is 6.63. The second-order valence-corrected chi connectivity index (χ2v) is 4.70. The lowest BCUT2D eigenvalue weighted by atomic mass is 10.2. The number of hydrogen-bond acceptors (Lipinski definition) is 5. The minimum absolute atomic E-state index is 0.332. The Morgan fingerprint density at radius 3 is 2.91 bits per heavy atom. The summed E-state index contributed by atoms with van der Waals surface area (Å²) in [7, 11) is 0. The van der Waals surface area contributed by atoms with Crippen LogP contribution in [0.3, 0.4) is 0 Å². The number of nitrogens with zero attached hydrogens (tertiary/aromatic N) is 2. The van der Waals surface area contributed by atoms with Gasteiger partial charge in [-0.1, -0.05) is 0 Å². The first-order valence-corrected chi connectivity index (χ1v) is 6.63. The van der Waals surface area contributed by atoms with Gasteiger partial charge in [-0.3, -0.25) is 9.89 Å². The molecule has 0 aliphatic rings. The molecule has 0 fully saturated rings. The molecular weight excluding hydrogens is 284 g/mol. The zero-order valence-electron chi connectivity index (χ0n) is 12.1. The number of carbonyl (C=O) groups excluding carboxylic acids is 1. The zero-order chi connectivity index (χ0) is 15.5.